The summed E-state index contributed by atoms with van der Waals surface area (Å²) in [7, 11) is 0. The lowest BCUT2D eigenvalue weighted by Crippen LogP contribution is -1.99. The third-order valence-corrected chi connectivity index (χ3v) is 3.32. The first kappa shape index (κ1) is 10.7. The van der Waals surface area contributed by atoms with E-state index in [-0.39, 0.29) is 0 Å². The van der Waals surface area contributed by atoms with Gasteiger partial charge in [-0.25, -0.2) is 0 Å². The predicted octanol–water partition coefficient (Wildman–Crippen LogP) is 2.79. The van der Waals surface area contributed by atoms with Crippen LogP contribution in [0.25, 0.3) is 11.4 Å². The highest BCUT2D eigenvalue weighted by molar-refractivity contribution is 7.09. The predicted molar refractivity (Wildman–Crippen MR) is 69.3 cm³/mol. The Morgan fingerprint density at radius 3 is 2.53 bits per heavy atom. The van der Waals surface area contributed by atoms with Crippen LogP contribution in [-0.2, 0) is 0 Å². The van der Waals surface area contributed by atoms with Gasteiger partial charge in [0.05, 0.1) is 0 Å². The van der Waals surface area contributed by atoms with Crippen LogP contribution < -0.4 is 5.32 Å². The van der Waals surface area contributed by atoms with Crippen molar-refractivity contribution in [3.8, 4) is 11.4 Å². The molecule has 5 heteroatoms. The van der Waals surface area contributed by atoms with E-state index in [0.29, 0.717) is 6.04 Å². The second kappa shape index (κ2) is 4.07. The normalized spacial score (nSPS) is 14.9. The van der Waals surface area contributed by atoms with Gasteiger partial charge in [0.25, 0.3) is 0 Å². The van der Waals surface area contributed by atoms with Gasteiger partial charge in [-0.15, -0.1) is 0 Å². The van der Waals surface area contributed by atoms with E-state index in [1.54, 1.807) is 0 Å². The van der Waals surface area contributed by atoms with E-state index in [1.807, 2.05) is 26.0 Å². The van der Waals surface area contributed by atoms with Gasteiger partial charge in [0.2, 0.25) is 5.13 Å². The molecule has 0 amide bonds. The molecule has 1 N–H and O–H groups in total. The second-order valence-corrected chi connectivity index (χ2v) is 5.23. The van der Waals surface area contributed by atoms with Crippen LogP contribution in [0, 0.1) is 13.8 Å². The fourth-order valence-electron chi connectivity index (χ4n) is 1.77. The zero-order valence-corrected chi connectivity index (χ0v) is 10.7. The quantitative estimate of drug-likeness (QED) is 0.904. The number of aromatic nitrogens is 3. The summed E-state index contributed by atoms with van der Waals surface area (Å²) < 4.78 is 4.39. The Morgan fingerprint density at radius 2 is 1.88 bits per heavy atom. The average Bonchev–Trinajstić information content (AvgIpc) is 2.93. The zero-order valence-electron chi connectivity index (χ0n) is 9.90. The zero-order chi connectivity index (χ0) is 11.8. The van der Waals surface area contributed by atoms with Crippen molar-refractivity contribution in [1.29, 1.82) is 0 Å². The van der Waals surface area contributed by atoms with Crippen molar-refractivity contribution in [2.45, 2.75) is 32.7 Å². The molecule has 0 unspecified atom stereocenters. The summed E-state index contributed by atoms with van der Waals surface area (Å²) in [5.41, 5.74) is 3.06. The van der Waals surface area contributed by atoms with Gasteiger partial charge in [-0.05, 0) is 38.8 Å². The lowest BCUT2D eigenvalue weighted by molar-refractivity contribution is 1.11. The van der Waals surface area contributed by atoms with Crippen molar-refractivity contribution < 1.29 is 0 Å². The van der Waals surface area contributed by atoms with E-state index < -0.39 is 0 Å². The first-order chi connectivity index (χ1) is 8.20. The molecule has 17 heavy (non-hydrogen) atoms. The van der Waals surface area contributed by atoms with E-state index in [4.69, 9.17) is 0 Å². The summed E-state index contributed by atoms with van der Waals surface area (Å²) in [6.45, 7) is 3.98. The summed E-state index contributed by atoms with van der Waals surface area (Å²) in [6.07, 6.45) is 2.50. The summed E-state index contributed by atoms with van der Waals surface area (Å²) in [5, 5.41) is 4.29. The number of hydrogen-bond donors (Lipinski definition) is 1. The maximum absolute atomic E-state index is 4.51. The molecular formula is C12H14N4S. The Hall–Kier alpha value is -1.49. The minimum absolute atomic E-state index is 0.622. The molecule has 2 aromatic rings. The monoisotopic (exact) mass is 246 g/mol. The molecule has 1 aliphatic rings. The number of pyridine rings is 1. The van der Waals surface area contributed by atoms with Crippen LogP contribution in [0.3, 0.4) is 0 Å². The average molecular weight is 246 g/mol. The molecule has 0 atom stereocenters. The van der Waals surface area contributed by atoms with Gasteiger partial charge in [0.15, 0.2) is 5.82 Å². The van der Waals surface area contributed by atoms with Gasteiger partial charge < -0.3 is 5.32 Å². The Labute approximate surface area is 104 Å². The summed E-state index contributed by atoms with van der Waals surface area (Å²) in [5.74, 6) is 0.798. The molecule has 1 aliphatic carbocycles. The molecule has 2 heterocycles. The molecule has 0 aromatic carbocycles. The van der Waals surface area contributed by atoms with Crippen LogP contribution in [0.2, 0.25) is 0 Å². The molecule has 3 rings (SSSR count). The van der Waals surface area contributed by atoms with Crippen molar-refractivity contribution in [2.75, 3.05) is 5.32 Å². The molecule has 0 aliphatic heterocycles. The molecule has 0 radical (unpaired) electrons. The van der Waals surface area contributed by atoms with Gasteiger partial charge in [-0.3, -0.25) is 4.98 Å². The van der Waals surface area contributed by atoms with E-state index in [9.17, 15) is 0 Å². The Balaban J connectivity index is 1.88. The summed E-state index contributed by atoms with van der Waals surface area (Å²) >= 11 is 1.43. The molecule has 0 spiro atoms. The summed E-state index contributed by atoms with van der Waals surface area (Å²) in [6, 6.07) is 4.67. The third kappa shape index (κ3) is 2.44. The van der Waals surface area contributed by atoms with Crippen LogP contribution in [0.5, 0.6) is 0 Å². The molecule has 0 bridgehead atoms. The maximum Gasteiger partial charge on any atom is 0.203 e. The van der Waals surface area contributed by atoms with Gasteiger partial charge in [0.1, 0.15) is 0 Å². The van der Waals surface area contributed by atoms with Crippen LogP contribution in [0.1, 0.15) is 24.2 Å². The Morgan fingerprint density at radius 1 is 1.18 bits per heavy atom. The first-order valence-corrected chi connectivity index (χ1v) is 6.54. The van der Waals surface area contributed by atoms with Crippen LogP contribution >= 0.6 is 11.5 Å². The Bertz CT molecular complexity index is 525. The minimum Gasteiger partial charge on any atom is -0.358 e. The van der Waals surface area contributed by atoms with E-state index >= 15 is 0 Å². The van der Waals surface area contributed by atoms with Crippen molar-refractivity contribution >= 4 is 16.7 Å². The third-order valence-electron chi connectivity index (χ3n) is 2.67. The lowest BCUT2D eigenvalue weighted by atomic mass is 10.2. The number of nitrogens with one attached hydrogen (secondary N) is 1. The first-order valence-electron chi connectivity index (χ1n) is 5.76. The summed E-state index contributed by atoms with van der Waals surface area (Å²) in [4.78, 5) is 8.87. The van der Waals surface area contributed by atoms with Crippen molar-refractivity contribution in [3.63, 3.8) is 0 Å². The smallest absolute Gasteiger partial charge is 0.203 e. The van der Waals surface area contributed by atoms with E-state index in [2.05, 4.69) is 19.7 Å². The largest absolute Gasteiger partial charge is 0.358 e. The number of hydrogen-bond acceptors (Lipinski definition) is 5. The van der Waals surface area contributed by atoms with Gasteiger partial charge in [0, 0.05) is 34.5 Å². The molecule has 88 valence electrons. The number of anilines is 1. The SMILES string of the molecule is Cc1cc(-c2nsc(NC3CC3)n2)cc(C)n1. The number of rotatable bonds is 3. The lowest BCUT2D eigenvalue weighted by Gasteiger charge is -2.00. The van der Waals surface area contributed by atoms with Crippen molar-refractivity contribution in [3.05, 3.63) is 23.5 Å². The minimum atomic E-state index is 0.622. The fourth-order valence-corrected chi connectivity index (χ4v) is 2.43. The molecular weight excluding hydrogens is 232 g/mol. The number of nitrogens with zero attached hydrogens (tertiary/aromatic N) is 3. The van der Waals surface area contributed by atoms with Crippen LogP contribution in [-0.4, -0.2) is 20.4 Å². The second-order valence-electron chi connectivity index (χ2n) is 4.48. The van der Waals surface area contributed by atoms with Crippen LogP contribution in [0.4, 0.5) is 5.13 Å². The van der Waals surface area contributed by atoms with E-state index in [1.165, 1.54) is 24.4 Å². The highest BCUT2D eigenvalue weighted by Gasteiger charge is 2.22. The highest BCUT2D eigenvalue weighted by atomic mass is 32.1. The molecule has 0 saturated heterocycles. The molecule has 4 nitrogen and oxygen atoms in total. The molecule has 1 fully saturated rings. The van der Waals surface area contributed by atoms with Crippen LogP contribution in [0.15, 0.2) is 12.1 Å². The van der Waals surface area contributed by atoms with E-state index in [0.717, 1.165) is 27.9 Å². The highest BCUT2D eigenvalue weighted by Crippen LogP contribution is 2.27. The van der Waals surface area contributed by atoms with Gasteiger partial charge >= 0.3 is 0 Å². The molecule has 1 saturated carbocycles. The van der Waals surface area contributed by atoms with Gasteiger partial charge in [-0.1, -0.05) is 0 Å². The topological polar surface area (TPSA) is 50.7 Å². The maximum atomic E-state index is 4.51. The fraction of sp³-hybridized carbons (Fsp3) is 0.417. The Kier molecular flexibility index (Phi) is 2.55. The van der Waals surface area contributed by atoms with Crippen molar-refractivity contribution in [1.82, 2.24) is 14.3 Å². The molecule has 2 aromatic heterocycles. The van der Waals surface area contributed by atoms with Gasteiger partial charge in [-0.2, -0.15) is 9.36 Å². The van der Waals surface area contributed by atoms with Crippen molar-refractivity contribution in [2.24, 2.45) is 0 Å². The standard InChI is InChI=1S/C12H14N4S/c1-7-5-9(6-8(2)13-7)11-15-12(17-16-11)14-10-3-4-10/h5-6,10H,3-4H2,1-2H3,(H,14,15,16). The number of aryl methyl sites for hydroxylation is 2.